The maximum absolute atomic E-state index is 13.6. The SMILES string of the molecule is COC(=N)c1cncc(COc2cc(CCC(=O)N3CCCC4(CCCN(C(=O)CCCN5CCC(OCc6ccccc6)C5)C4)C3)c(Cl)cc2C=O)c1. The molecule has 1 aromatic heterocycles. The Morgan fingerprint density at radius 2 is 1.70 bits per heavy atom. The molecule has 3 aliphatic heterocycles. The summed E-state index contributed by atoms with van der Waals surface area (Å²) in [4.78, 5) is 49.5. The van der Waals surface area contributed by atoms with Gasteiger partial charge in [-0.05, 0) is 80.8 Å². The number of methoxy groups -OCH3 is 1. The van der Waals surface area contributed by atoms with Crippen molar-refractivity contribution in [1.82, 2.24) is 19.7 Å². The molecule has 2 atom stereocenters. The molecule has 3 saturated heterocycles. The van der Waals surface area contributed by atoms with E-state index >= 15 is 0 Å². The molecular weight excluding hydrogens is 706 g/mol. The standard InChI is InChI=1S/C42H52ClN5O6/c1-52-41(44)34-20-32(23-45-24-34)28-54-38-22-33(37(43)21-35(38)26-49)11-12-40(51)48-18-7-15-42(30-48)14-6-17-47(29-42)39(50)10-5-16-46-19-13-36(25-46)53-27-31-8-3-2-4-9-31/h2-4,8-9,20-24,26,36,44H,5-7,10-19,25,27-30H2,1H3. The molecule has 2 amide bonds. The van der Waals surface area contributed by atoms with E-state index in [-0.39, 0.29) is 42.3 Å². The molecule has 54 heavy (non-hydrogen) atoms. The van der Waals surface area contributed by atoms with E-state index in [0.717, 1.165) is 70.3 Å². The highest BCUT2D eigenvalue weighted by Crippen LogP contribution is 2.39. The molecule has 2 unspecified atom stereocenters. The molecule has 2 aromatic carbocycles. The molecule has 11 nitrogen and oxygen atoms in total. The molecule has 3 fully saturated rings. The number of pyridine rings is 1. The largest absolute Gasteiger partial charge is 0.488 e. The minimum absolute atomic E-state index is 0.00572. The van der Waals surface area contributed by atoms with Gasteiger partial charge in [0, 0.05) is 80.5 Å². The summed E-state index contributed by atoms with van der Waals surface area (Å²) in [5.41, 5.74) is 3.39. The summed E-state index contributed by atoms with van der Waals surface area (Å²) in [6.45, 7) is 6.45. The van der Waals surface area contributed by atoms with E-state index in [0.29, 0.717) is 72.8 Å². The quantitative estimate of drug-likeness (QED) is 0.108. The fraction of sp³-hybridized carbons (Fsp3) is 0.500. The number of hydrogen-bond donors (Lipinski definition) is 1. The zero-order chi connectivity index (χ0) is 37.9. The van der Waals surface area contributed by atoms with Crippen LogP contribution in [0.4, 0.5) is 0 Å². The number of halogens is 1. The fourth-order valence-electron chi connectivity index (χ4n) is 8.10. The van der Waals surface area contributed by atoms with Crippen LogP contribution in [0.15, 0.2) is 60.9 Å². The number of hydrogen-bond acceptors (Lipinski definition) is 9. The lowest BCUT2D eigenvalue weighted by Gasteiger charge is -2.48. The van der Waals surface area contributed by atoms with Crippen LogP contribution in [0.5, 0.6) is 5.75 Å². The lowest BCUT2D eigenvalue weighted by molar-refractivity contribution is -0.140. The predicted octanol–water partition coefficient (Wildman–Crippen LogP) is 6.33. The Bertz CT molecular complexity index is 1770. The summed E-state index contributed by atoms with van der Waals surface area (Å²) in [5, 5.41) is 8.30. The molecule has 0 radical (unpaired) electrons. The number of aldehydes is 1. The number of piperidine rings is 2. The topological polar surface area (TPSA) is 125 Å². The second-order valence-corrected chi connectivity index (χ2v) is 15.4. The maximum Gasteiger partial charge on any atom is 0.222 e. The van der Waals surface area contributed by atoms with Gasteiger partial charge in [0.2, 0.25) is 17.7 Å². The van der Waals surface area contributed by atoms with Gasteiger partial charge in [0.15, 0.2) is 6.29 Å². The van der Waals surface area contributed by atoms with Gasteiger partial charge in [-0.3, -0.25) is 24.8 Å². The number of carbonyl (C=O) groups excluding carboxylic acids is 3. The molecule has 12 heteroatoms. The third kappa shape index (κ3) is 10.5. The molecule has 6 rings (SSSR count). The number of aryl methyl sites for hydroxylation is 1. The van der Waals surface area contributed by atoms with E-state index < -0.39 is 0 Å². The molecule has 0 saturated carbocycles. The number of nitrogens with zero attached hydrogens (tertiary/aromatic N) is 4. The van der Waals surface area contributed by atoms with Crippen LogP contribution in [0.3, 0.4) is 0 Å². The lowest BCUT2D eigenvalue weighted by Crippen LogP contribution is -2.54. The fourth-order valence-corrected chi connectivity index (χ4v) is 8.37. The molecule has 4 heterocycles. The summed E-state index contributed by atoms with van der Waals surface area (Å²) in [6, 6.07) is 15.3. The van der Waals surface area contributed by atoms with Crippen LogP contribution in [0.25, 0.3) is 0 Å². The Labute approximate surface area is 323 Å². The first-order chi connectivity index (χ1) is 26.2. The van der Waals surface area contributed by atoms with Crippen molar-refractivity contribution in [3.63, 3.8) is 0 Å². The van der Waals surface area contributed by atoms with Gasteiger partial charge in [-0.1, -0.05) is 41.9 Å². The van der Waals surface area contributed by atoms with Crippen molar-refractivity contribution in [1.29, 1.82) is 5.41 Å². The third-order valence-corrected chi connectivity index (χ3v) is 11.4. The van der Waals surface area contributed by atoms with Crippen molar-refractivity contribution in [2.75, 3.05) is 52.9 Å². The molecule has 0 aliphatic carbocycles. The van der Waals surface area contributed by atoms with Crippen LogP contribution in [0, 0.1) is 10.8 Å². The van der Waals surface area contributed by atoms with Crippen LogP contribution < -0.4 is 4.74 Å². The monoisotopic (exact) mass is 757 g/mol. The van der Waals surface area contributed by atoms with Crippen molar-refractivity contribution in [3.8, 4) is 5.75 Å². The smallest absolute Gasteiger partial charge is 0.222 e. The molecular formula is C42H52ClN5O6. The summed E-state index contributed by atoms with van der Waals surface area (Å²) in [5.74, 6) is 0.647. The molecule has 3 aliphatic rings. The van der Waals surface area contributed by atoms with Gasteiger partial charge in [-0.25, -0.2) is 0 Å². The Morgan fingerprint density at radius 1 is 0.963 bits per heavy atom. The third-order valence-electron chi connectivity index (χ3n) is 11.0. The Morgan fingerprint density at radius 3 is 2.43 bits per heavy atom. The van der Waals surface area contributed by atoms with E-state index in [2.05, 4.69) is 26.9 Å². The number of rotatable bonds is 15. The number of nitrogens with one attached hydrogen (secondary N) is 1. The first-order valence-corrected chi connectivity index (χ1v) is 19.5. The second kappa shape index (κ2) is 18.8. The van der Waals surface area contributed by atoms with Gasteiger partial charge in [0.25, 0.3) is 0 Å². The van der Waals surface area contributed by atoms with E-state index in [9.17, 15) is 14.4 Å². The maximum atomic E-state index is 13.6. The van der Waals surface area contributed by atoms with Crippen LogP contribution >= 0.6 is 11.6 Å². The average Bonchev–Trinajstić information content (AvgIpc) is 3.66. The Hall–Kier alpha value is -4.32. The molecule has 1 spiro atoms. The molecule has 1 N–H and O–H groups in total. The van der Waals surface area contributed by atoms with Gasteiger partial charge < -0.3 is 28.9 Å². The number of ether oxygens (including phenoxy) is 3. The van der Waals surface area contributed by atoms with E-state index in [1.165, 1.54) is 18.9 Å². The number of amides is 2. The number of benzene rings is 2. The van der Waals surface area contributed by atoms with E-state index in [4.69, 9.17) is 31.2 Å². The van der Waals surface area contributed by atoms with Gasteiger partial charge in [0.05, 0.1) is 30.9 Å². The van der Waals surface area contributed by atoms with E-state index in [1.807, 2.05) is 23.1 Å². The number of carbonyl (C=O) groups is 3. The number of likely N-dealkylation sites (tertiary alicyclic amines) is 3. The van der Waals surface area contributed by atoms with Crippen LogP contribution in [0.1, 0.15) is 84.0 Å². The molecule has 288 valence electrons. The number of aromatic nitrogens is 1. The second-order valence-electron chi connectivity index (χ2n) is 15.0. The molecule has 0 bridgehead atoms. The van der Waals surface area contributed by atoms with Crippen LogP contribution in [-0.2, 0) is 38.7 Å². The first kappa shape index (κ1) is 39.4. The summed E-state index contributed by atoms with van der Waals surface area (Å²) < 4.78 is 17.1. The summed E-state index contributed by atoms with van der Waals surface area (Å²) in [6.07, 6.45) is 11.1. The minimum Gasteiger partial charge on any atom is -0.488 e. The van der Waals surface area contributed by atoms with E-state index in [1.54, 1.807) is 24.4 Å². The molecule has 3 aromatic rings. The van der Waals surface area contributed by atoms with Crippen molar-refractivity contribution < 1.29 is 28.6 Å². The zero-order valence-electron chi connectivity index (χ0n) is 31.3. The average molecular weight is 758 g/mol. The van der Waals surface area contributed by atoms with Crippen molar-refractivity contribution in [2.45, 2.75) is 77.1 Å². The normalized spacial score (nSPS) is 20.2. The predicted molar refractivity (Wildman–Crippen MR) is 207 cm³/mol. The Balaban J connectivity index is 0.962. The minimum atomic E-state index is -0.0712. The van der Waals surface area contributed by atoms with Crippen molar-refractivity contribution >= 4 is 35.6 Å². The lowest BCUT2D eigenvalue weighted by atomic mass is 9.73. The van der Waals surface area contributed by atoms with Gasteiger partial charge in [0.1, 0.15) is 12.4 Å². The van der Waals surface area contributed by atoms with Crippen LogP contribution in [-0.4, -0.2) is 103 Å². The van der Waals surface area contributed by atoms with Gasteiger partial charge in [-0.15, -0.1) is 0 Å². The summed E-state index contributed by atoms with van der Waals surface area (Å²) >= 11 is 6.58. The highest BCUT2D eigenvalue weighted by atomic mass is 35.5. The highest BCUT2D eigenvalue weighted by molar-refractivity contribution is 6.31. The summed E-state index contributed by atoms with van der Waals surface area (Å²) in [7, 11) is 1.43. The van der Waals surface area contributed by atoms with Crippen molar-refractivity contribution in [2.24, 2.45) is 5.41 Å². The highest BCUT2D eigenvalue weighted by Gasteiger charge is 2.41. The zero-order valence-corrected chi connectivity index (χ0v) is 32.0. The first-order valence-electron chi connectivity index (χ1n) is 19.1. The van der Waals surface area contributed by atoms with Crippen molar-refractivity contribution in [3.05, 3.63) is 93.8 Å². The van der Waals surface area contributed by atoms with Gasteiger partial charge >= 0.3 is 0 Å². The van der Waals surface area contributed by atoms with Crippen LogP contribution in [0.2, 0.25) is 5.02 Å². The Kier molecular flexibility index (Phi) is 13.7. The van der Waals surface area contributed by atoms with Gasteiger partial charge in [-0.2, -0.15) is 0 Å².